The van der Waals surface area contributed by atoms with Crippen LogP contribution < -0.4 is 10.6 Å². The second-order valence-corrected chi connectivity index (χ2v) is 11.2. The fourth-order valence-electron chi connectivity index (χ4n) is 4.30. The topological polar surface area (TPSA) is 218 Å². The summed E-state index contributed by atoms with van der Waals surface area (Å²) in [6, 6.07) is 12.7. The average Bonchev–Trinajstić information content (AvgIpc) is 3.07. The predicted molar refractivity (Wildman–Crippen MR) is 168 cm³/mol. The summed E-state index contributed by atoms with van der Waals surface area (Å²) in [5.41, 5.74) is -2.12. The van der Waals surface area contributed by atoms with Crippen LogP contribution in [0.25, 0.3) is 0 Å². The van der Waals surface area contributed by atoms with Crippen LogP contribution in [-0.4, -0.2) is 117 Å². The smallest absolute Gasteiger partial charge is 0.241 e. The molecule has 0 aromatic heterocycles. The zero-order valence-corrected chi connectivity index (χ0v) is 26.4. The van der Waals surface area contributed by atoms with Crippen molar-refractivity contribution in [3.05, 3.63) is 76.0 Å². The summed E-state index contributed by atoms with van der Waals surface area (Å²) in [4.78, 5) is 24.1. The molecule has 14 heteroatoms. The lowest BCUT2D eigenvalue weighted by atomic mass is 10.00. The van der Waals surface area contributed by atoms with E-state index in [0.29, 0.717) is 34.5 Å². The lowest BCUT2D eigenvalue weighted by Crippen LogP contribution is -2.58. The van der Waals surface area contributed by atoms with Crippen LogP contribution in [-0.2, 0) is 32.4 Å². The summed E-state index contributed by atoms with van der Waals surface area (Å²) in [6.07, 6.45) is 1.32. The highest BCUT2D eigenvalue weighted by atomic mass is 16.6. The van der Waals surface area contributed by atoms with Gasteiger partial charge in [-0.1, -0.05) is 50.2 Å². The number of benzene rings is 2. The van der Waals surface area contributed by atoms with Crippen LogP contribution in [0.3, 0.4) is 0 Å². The highest BCUT2D eigenvalue weighted by Crippen LogP contribution is 2.30. The van der Waals surface area contributed by atoms with Crippen molar-refractivity contribution >= 4 is 18.0 Å². The van der Waals surface area contributed by atoms with E-state index in [1.807, 2.05) is 13.8 Å². The number of amides is 2. The van der Waals surface area contributed by atoms with E-state index >= 15 is 0 Å². The fraction of sp³-hybridized carbons (Fsp3) is 0.531. The molecular formula is C32H47N4O10. The molecule has 2 aromatic carbocycles. The molecular weight excluding hydrogens is 600 g/mol. The van der Waals surface area contributed by atoms with Gasteiger partial charge in [0.1, 0.15) is 25.4 Å². The van der Waals surface area contributed by atoms with Gasteiger partial charge in [-0.2, -0.15) is 4.74 Å². The molecule has 7 N–H and O–H groups in total. The molecule has 0 saturated heterocycles. The van der Waals surface area contributed by atoms with Gasteiger partial charge in [-0.3, -0.25) is 9.59 Å². The normalized spacial score (nSPS) is 13.1. The average molecular weight is 648 g/mol. The van der Waals surface area contributed by atoms with Crippen molar-refractivity contribution in [1.82, 2.24) is 15.7 Å². The Kier molecular flexibility index (Phi) is 16.2. The van der Waals surface area contributed by atoms with Crippen molar-refractivity contribution in [1.29, 1.82) is 0 Å². The van der Waals surface area contributed by atoms with Gasteiger partial charge >= 0.3 is 0 Å². The summed E-state index contributed by atoms with van der Waals surface area (Å²) < 4.78 is 6.17. The molecule has 46 heavy (non-hydrogen) atoms. The molecule has 0 bridgehead atoms. The Bertz CT molecular complexity index is 1220. The summed E-state index contributed by atoms with van der Waals surface area (Å²) in [5, 5.41) is 82.8. The maximum Gasteiger partial charge on any atom is 0.241 e. The summed E-state index contributed by atoms with van der Waals surface area (Å²) in [5.74, 6) is -0.329. The van der Waals surface area contributed by atoms with Crippen LogP contribution in [0.5, 0.6) is 0 Å². The molecule has 0 spiro atoms. The van der Waals surface area contributed by atoms with Gasteiger partial charge in [0.25, 0.3) is 0 Å². The molecule has 1 atom stereocenters. The molecule has 0 aliphatic rings. The number of carbonyl (C=O) groups excluding carboxylic acids is 2. The number of hydroxylamine groups is 3. The van der Waals surface area contributed by atoms with Gasteiger partial charge in [0.05, 0.1) is 32.7 Å². The fourth-order valence-corrected chi connectivity index (χ4v) is 4.30. The number of aliphatic hydroxyl groups is 5. The Balaban J connectivity index is 2.35. The van der Waals surface area contributed by atoms with Crippen molar-refractivity contribution in [2.75, 3.05) is 52.7 Å². The Morgan fingerprint density at radius 1 is 0.826 bits per heavy atom. The van der Waals surface area contributed by atoms with Gasteiger partial charge in [-0.25, -0.2) is 0 Å². The number of hydrogen-bond acceptors (Lipinski definition) is 10. The molecule has 255 valence electrons. The van der Waals surface area contributed by atoms with Crippen LogP contribution in [0.4, 0.5) is 0 Å². The first-order valence-corrected chi connectivity index (χ1v) is 15.2. The molecule has 2 aromatic rings. The number of rotatable bonds is 21. The standard InChI is InChI=1S/C32H47N4O10/c1-3-13-33-28(42)15-24-5-7-26(8-6-24)17-35(44)32(21-40,22-41)23-46-30(36(45)31(18-37,19-38)20-39)27-11-9-25(10-12-27)16-29(43)34-14-4-2/h5-12,17,30,37-41H,3-4,13-16,18-23H2,1-2H3,(H,33,42)(H,34,43)/b35-17-. The third-order valence-electron chi connectivity index (χ3n) is 7.51. The molecule has 2 rings (SSSR count). The first kappa shape index (κ1) is 38.7. The van der Waals surface area contributed by atoms with Crippen molar-refractivity contribution in [3.8, 4) is 0 Å². The maximum absolute atomic E-state index is 13.6. The third kappa shape index (κ3) is 10.5. The number of carbonyl (C=O) groups is 2. The highest BCUT2D eigenvalue weighted by Gasteiger charge is 2.45. The monoisotopic (exact) mass is 647 g/mol. The molecule has 0 aliphatic carbocycles. The van der Waals surface area contributed by atoms with E-state index in [2.05, 4.69) is 10.6 Å². The molecule has 0 heterocycles. The van der Waals surface area contributed by atoms with Crippen LogP contribution in [0.2, 0.25) is 0 Å². The largest absolute Gasteiger partial charge is 0.623 e. The second kappa shape index (κ2) is 19.3. The van der Waals surface area contributed by atoms with E-state index in [-0.39, 0.29) is 35.3 Å². The first-order valence-electron chi connectivity index (χ1n) is 15.2. The zero-order valence-electron chi connectivity index (χ0n) is 26.4. The molecule has 1 unspecified atom stereocenters. The minimum atomic E-state index is -2.08. The Morgan fingerprint density at radius 2 is 1.28 bits per heavy atom. The molecule has 0 aliphatic heterocycles. The molecule has 14 nitrogen and oxygen atoms in total. The van der Waals surface area contributed by atoms with Crippen LogP contribution in [0, 0.1) is 5.21 Å². The summed E-state index contributed by atoms with van der Waals surface area (Å²) >= 11 is 0. The van der Waals surface area contributed by atoms with E-state index in [1.54, 1.807) is 36.4 Å². The van der Waals surface area contributed by atoms with Gasteiger partial charge in [-0.15, -0.1) is 10.3 Å². The third-order valence-corrected chi connectivity index (χ3v) is 7.51. The van der Waals surface area contributed by atoms with Gasteiger partial charge in [0.15, 0.2) is 12.4 Å². The Labute approximate surface area is 269 Å². The van der Waals surface area contributed by atoms with Crippen molar-refractivity contribution in [2.45, 2.75) is 56.8 Å². The Hall–Kier alpha value is -3.47. The number of ether oxygens (including phenoxy) is 1. The maximum atomic E-state index is 13.6. The van der Waals surface area contributed by atoms with Crippen LogP contribution in [0.1, 0.15) is 55.2 Å². The number of nitrogens with one attached hydrogen (secondary N) is 2. The first-order chi connectivity index (χ1) is 22.1. The molecule has 2 amide bonds. The predicted octanol–water partition coefficient (Wildman–Crippen LogP) is -0.445. The van der Waals surface area contributed by atoms with Crippen LogP contribution >= 0.6 is 0 Å². The minimum Gasteiger partial charge on any atom is -0.623 e. The molecule has 0 fully saturated rings. The van der Waals surface area contributed by atoms with Gasteiger partial charge in [0, 0.05) is 18.7 Å². The second-order valence-electron chi connectivity index (χ2n) is 11.2. The number of nitrogens with zero attached hydrogens (tertiary/aromatic N) is 2. The molecule has 1 radical (unpaired) electrons. The van der Waals surface area contributed by atoms with E-state index in [9.17, 15) is 45.5 Å². The lowest BCUT2D eigenvalue weighted by molar-refractivity contribution is -0.561. The van der Waals surface area contributed by atoms with Gasteiger partial charge in [0.2, 0.25) is 17.4 Å². The highest BCUT2D eigenvalue weighted by molar-refractivity contribution is 5.80. The van der Waals surface area contributed by atoms with Gasteiger partial charge < -0.3 is 46.1 Å². The lowest BCUT2D eigenvalue weighted by Gasteiger charge is -2.39. The van der Waals surface area contributed by atoms with Crippen molar-refractivity contribution < 1.29 is 49.8 Å². The van der Waals surface area contributed by atoms with E-state index in [0.717, 1.165) is 19.1 Å². The van der Waals surface area contributed by atoms with Crippen LogP contribution in [0.15, 0.2) is 48.5 Å². The van der Waals surface area contributed by atoms with E-state index in [4.69, 9.17) is 4.74 Å². The molecule has 0 saturated carbocycles. The minimum absolute atomic E-state index is 0.0763. The van der Waals surface area contributed by atoms with Gasteiger partial charge in [-0.05, 0) is 41.7 Å². The van der Waals surface area contributed by atoms with Crippen molar-refractivity contribution in [2.24, 2.45) is 0 Å². The Morgan fingerprint density at radius 3 is 1.70 bits per heavy atom. The quantitative estimate of drug-likeness (QED) is 0.0304. The number of hydrogen-bond donors (Lipinski definition) is 7. The zero-order chi connectivity index (χ0) is 34.2. The summed E-state index contributed by atoms with van der Waals surface area (Å²) in [7, 11) is 0. The van der Waals surface area contributed by atoms with Crippen molar-refractivity contribution in [3.63, 3.8) is 0 Å². The SMILES string of the molecule is CCCNC(=O)Cc1ccc(/C=[N+](\[O-])C(CO)(CO)COC(c2ccc(CC(=O)NCCC)cc2)N([O])C(CO)(CO)CO)cc1. The summed E-state index contributed by atoms with van der Waals surface area (Å²) in [6.45, 7) is -0.331. The van der Waals surface area contributed by atoms with E-state index < -0.39 is 56.9 Å². The van der Waals surface area contributed by atoms with E-state index in [1.165, 1.54) is 12.1 Å². The number of aliphatic hydroxyl groups excluding tert-OH is 5.